The largest absolute Gasteiger partial charge is 0.496 e. The summed E-state index contributed by atoms with van der Waals surface area (Å²) in [5.74, 6) is 0.496. The molecule has 144 valence electrons. The average molecular weight is 393 g/mol. The zero-order valence-electron chi connectivity index (χ0n) is 15.9. The monoisotopic (exact) mass is 392 g/mol. The number of para-hydroxylation sites is 1. The summed E-state index contributed by atoms with van der Waals surface area (Å²) in [5, 5.41) is 5.23. The number of ether oxygens (including phenoxy) is 1. The molecule has 1 N–H and O–H groups in total. The van der Waals surface area contributed by atoms with Crippen LogP contribution >= 0.6 is 11.3 Å². The van der Waals surface area contributed by atoms with E-state index in [9.17, 15) is 4.79 Å². The van der Waals surface area contributed by atoms with Gasteiger partial charge in [0.25, 0.3) is 5.91 Å². The van der Waals surface area contributed by atoms with Gasteiger partial charge in [0.05, 0.1) is 18.7 Å². The van der Waals surface area contributed by atoms with Gasteiger partial charge in [-0.25, -0.2) is 0 Å². The summed E-state index contributed by atoms with van der Waals surface area (Å²) in [7, 11) is 1.59. The molecular weight excluding hydrogens is 368 g/mol. The number of hydrogen-bond acceptors (Lipinski definition) is 4. The zero-order chi connectivity index (χ0) is 19.3. The number of methoxy groups -OCH3 is 1. The summed E-state index contributed by atoms with van der Waals surface area (Å²) in [6, 6.07) is 20.4. The Kier molecular flexibility index (Phi) is 5.74. The SMILES string of the molecule is COc1ccccc1C(=O)NC[C@@H](c1cccs1)N1CCc2ccccc2C1. The molecular formula is C23H24N2O2S. The van der Waals surface area contributed by atoms with E-state index in [1.807, 2.05) is 18.2 Å². The normalized spacial score (nSPS) is 14.9. The van der Waals surface area contributed by atoms with Gasteiger partial charge in [-0.05, 0) is 41.1 Å². The highest BCUT2D eigenvalue weighted by molar-refractivity contribution is 7.10. The molecule has 1 amide bonds. The van der Waals surface area contributed by atoms with E-state index in [4.69, 9.17) is 4.74 Å². The second-order valence-electron chi connectivity index (χ2n) is 6.93. The summed E-state index contributed by atoms with van der Waals surface area (Å²) in [6.07, 6.45) is 1.04. The number of nitrogens with one attached hydrogen (secondary N) is 1. The van der Waals surface area contributed by atoms with Gasteiger partial charge in [0, 0.05) is 24.5 Å². The van der Waals surface area contributed by atoms with Crippen LogP contribution in [0.1, 0.15) is 32.4 Å². The van der Waals surface area contributed by atoms with Crippen LogP contribution in [-0.4, -0.2) is 31.0 Å². The van der Waals surface area contributed by atoms with E-state index in [-0.39, 0.29) is 11.9 Å². The van der Waals surface area contributed by atoms with Crippen LogP contribution in [0, 0.1) is 0 Å². The Morgan fingerprint density at radius 3 is 2.68 bits per heavy atom. The molecule has 0 aliphatic carbocycles. The van der Waals surface area contributed by atoms with Crippen LogP contribution in [0.5, 0.6) is 5.75 Å². The first-order chi connectivity index (χ1) is 13.8. The van der Waals surface area contributed by atoms with Crippen molar-refractivity contribution in [1.82, 2.24) is 10.2 Å². The van der Waals surface area contributed by atoms with Crippen LogP contribution in [0.4, 0.5) is 0 Å². The Bertz CT molecular complexity index is 939. The Labute approximate surface area is 169 Å². The van der Waals surface area contributed by atoms with Crippen LogP contribution in [0.25, 0.3) is 0 Å². The highest BCUT2D eigenvalue weighted by Gasteiger charge is 2.26. The molecule has 1 atom stereocenters. The molecule has 0 fully saturated rings. The molecule has 1 aliphatic rings. The molecule has 1 aliphatic heterocycles. The number of carbonyl (C=O) groups excluding carboxylic acids is 1. The minimum Gasteiger partial charge on any atom is -0.496 e. The van der Waals surface area contributed by atoms with Crippen LogP contribution in [0.15, 0.2) is 66.0 Å². The van der Waals surface area contributed by atoms with Crippen molar-refractivity contribution >= 4 is 17.2 Å². The molecule has 2 aromatic carbocycles. The lowest BCUT2D eigenvalue weighted by Crippen LogP contribution is -2.40. The van der Waals surface area contributed by atoms with Gasteiger partial charge in [-0.2, -0.15) is 0 Å². The first-order valence-corrected chi connectivity index (χ1v) is 10.4. The van der Waals surface area contributed by atoms with Crippen molar-refractivity contribution in [3.63, 3.8) is 0 Å². The second-order valence-corrected chi connectivity index (χ2v) is 7.91. The van der Waals surface area contributed by atoms with Gasteiger partial charge in [0.2, 0.25) is 0 Å². The first-order valence-electron chi connectivity index (χ1n) is 9.51. The molecule has 28 heavy (non-hydrogen) atoms. The fraction of sp³-hybridized carbons (Fsp3) is 0.261. The number of hydrogen-bond donors (Lipinski definition) is 1. The molecule has 4 rings (SSSR count). The number of benzene rings is 2. The van der Waals surface area contributed by atoms with Crippen LogP contribution < -0.4 is 10.1 Å². The summed E-state index contributed by atoms with van der Waals surface area (Å²) in [4.78, 5) is 16.5. The Balaban J connectivity index is 1.51. The average Bonchev–Trinajstić information content (AvgIpc) is 3.28. The Morgan fingerprint density at radius 1 is 1.11 bits per heavy atom. The highest BCUT2D eigenvalue weighted by Crippen LogP contribution is 2.30. The third-order valence-corrected chi connectivity index (χ3v) is 6.25. The van der Waals surface area contributed by atoms with Crippen LogP contribution in [-0.2, 0) is 13.0 Å². The minimum absolute atomic E-state index is 0.101. The molecule has 0 saturated carbocycles. The molecule has 0 bridgehead atoms. The molecule has 2 heterocycles. The molecule has 1 aromatic heterocycles. The molecule has 0 radical (unpaired) electrons. The smallest absolute Gasteiger partial charge is 0.255 e. The lowest BCUT2D eigenvalue weighted by Gasteiger charge is -2.35. The van der Waals surface area contributed by atoms with Gasteiger partial charge in [0.15, 0.2) is 0 Å². The number of rotatable bonds is 6. The summed E-state index contributed by atoms with van der Waals surface area (Å²) in [6.45, 7) is 2.47. The zero-order valence-corrected chi connectivity index (χ0v) is 16.7. The van der Waals surface area contributed by atoms with E-state index < -0.39 is 0 Å². The number of carbonyl (C=O) groups is 1. The standard InChI is InChI=1S/C23H24N2O2S/c1-27-21-10-5-4-9-19(21)23(26)24-15-20(22-11-6-14-28-22)25-13-12-17-7-2-3-8-18(17)16-25/h2-11,14,20H,12-13,15-16H2,1H3,(H,24,26)/t20-/m0/s1. The Hall–Kier alpha value is -2.63. The fourth-order valence-corrected chi connectivity index (χ4v) is 4.65. The van der Waals surface area contributed by atoms with Crippen molar-refractivity contribution in [3.8, 4) is 5.75 Å². The predicted octanol–water partition coefficient (Wildman–Crippen LogP) is 4.29. The van der Waals surface area contributed by atoms with E-state index >= 15 is 0 Å². The maximum Gasteiger partial charge on any atom is 0.255 e. The number of thiophene rings is 1. The molecule has 4 nitrogen and oxygen atoms in total. The molecule has 0 saturated heterocycles. The van der Waals surface area contributed by atoms with Crippen LogP contribution in [0.2, 0.25) is 0 Å². The molecule has 0 unspecified atom stereocenters. The van der Waals surface area contributed by atoms with E-state index in [1.54, 1.807) is 24.5 Å². The second kappa shape index (κ2) is 8.59. The summed E-state index contributed by atoms with van der Waals surface area (Å²) < 4.78 is 5.33. The topological polar surface area (TPSA) is 41.6 Å². The molecule has 3 aromatic rings. The van der Waals surface area contributed by atoms with Crippen molar-refractivity contribution in [1.29, 1.82) is 0 Å². The summed E-state index contributed by atoms with van der Waals surface area (Å²) in [5.41, 5.74) is 3.38. The summed E-state index contributed by atoms with van der Waals surface area (Å²) >= 11 is 1.74. The van der Waals surface area contributed by atoms with Gasteiger partial charge in [0.1, 0.15) is 5.75 Å². The van der Waals surface area contributed by atoms with Gasteiger partial charge in [-0.1, -0.05) is 42.5 Å². The van der Waals surface area contributed by atoms with Crippen molar-refractivity contribution in [2.75, 3.05) is 20.2 Å². The fourth-order valence-electron chi connectivity index (χ4n) is 3.79. The predicted molar refractivity (Wildman–Crippen MR) is 113 cm³/mol. The van der Waals surface area contributed by atoms with E-state index in [1.165, 1.54) is 16.0 Å². The van der Waals surface area contributed by atoms with Crippen molar-refractivity contribution in [3.05, 3.63) is 87.6 Å². The molecule has 5 heteroatoms. The lowest BCUT2D eigenvalue weighted by atomic mass is 9.98. The third kappa shape index (κ3) is 3.96. The molecule has 0 spiro atoms. The maximum absolute atomic E-state index is 12.8. The van der Waals surface area contributed by atoms with Gasteiger partial charge < -0.3 is 10.1 Å². The van der Waals surface area contributed by atoms with Crippen molar-refractivity contribution in [2.24, 2.45) is 0 Å². The lowest BCUT2D eigenvalue weighted by molar-refractivity contribution is 0.0926. The highest BCUT2D eigenvalue weighted by atomic mass is 32.1. The van der Waals surface area contributed by atoms with Gasteiger partial charge >= 0.3 is 0 Å². The van der Waals surface area contributed by atoms with E-state index in [0.717, 1.165) is 19.5 Å². The first kappa shape index (κ1) is 18.7. The third-order valence-electron chi connectivity index (χ3n) is 5.28. The maximum atomic E-state index is 12.8. The van der Waals surface area contributed by atoms with Crippen molar-refractivity contribution < 1.29 is 9.53 Å². The van der Waals surface area contributed by atoms with Gasteiger partial charge in [-0.15, -0.1) is 11.3 Å². The van der Waals surface area contributed by atoms with E-state index in [2.05, 4.69) is 52.0 Å². The Morgan fingerprint density at radius 2 is 1.89 bits per heavy atom. The minimum atomic E-state index is -0.101. The van der Waals surface area contributed by atoms with Crippen molar-refractivity contribution in [2.45, 2.75) is 19.0 Å². The van der Waals surface area contributed by atoms with Gasteiger partial charge in [-0.3, -0.25) is 9.69 Å². The number of fused-ring (bicyclic) bond motifs is 1. The quantitative estimate of drug-likeness (QED) is 0.681. The van der Waals surface area contributed by atoms with Crippen LogP contribution in [0.3, 0.4) is 0 Å². The van der Waals surface area contributed by atoms with E-state index in [0.29, 0.717) is 17.9 Å². The number of nitrogens with zero attached hydrogens (tertiary/aromatic N) is 1. The number of amides is 1.